The van der Waals surface area contributed by atoms with Crippen molar-refractivity contribution < 1.29 is 4.74 Å². The van der Waals surface area contributed by atoms with Gasteiger partial charge in [-0.15, -0.1) is 0 Å². The van der Waals surface area contributed by atoms with Crippen LogP contribution in [0.3, 0.4) is 0 Å². The van der Waals surface area contributed by atoms with Crippen LogP contribution in [-0.2, 0) is 0 Å². The fraction of sp³-hybridized carbons (Fsp3) is 0.600. The van der Waals surface area contributed by atoms with E-state index in [1.165, 1.54) is 0 Å². The summed E-state index contributed by atoms with van der Waals surface area (Å²) in [7, 11) is 4.02. The van der Waals surface area contributed by atoms with Gasteiger partial charge in [-0.1, -0.05) is 0 Å². The molecule has 4 nitrogen and oxygen atoms in total. The van der Waals surface area contributed by atoms with E-state index in [1.54, 1.807) is 12.3 Å². The minimum atomic E-state index is -0.0442. The van der Waals surface area contributed by atoms with E-state index >= 15 is 0 Å². The Hall–Kier alpha value is -0.870. The van der Waals surface area contributed by atoms with Gasteiger partial charge in [-0.2, -0.15) is 4.98 Å². The minimum Gasteiger partial charge on any atom is -0.476 e. The zero-order valence-electron chi connectivity index (χ0n) is 9.49. The number of rotatable bonds is 4. The van der Waals surface area contributed by atoms with Gasteiger partial charge in [0.25, 0.3) is 0 Å². The van der Waals surface area contributed by atoms with Gasteiger partial charge >= 0.3 is 0 Å². The van der Waals surface area contributed by atoms with E-state index in [-0.39, 0.29) is 10.8 Å². The van der Waals surface area contributed by atoms with Gasteiger partial charge in [0, 0.05) is 17.8 Å². The number of nitrogens with zero attached hydrogens (tertiary/aromatic N) is 3. The molecule has 15 heavy (non-hydrogen) atoms. The van der Waals surface area contributed by atoms with Crippen molar-refractivity contribution in [3.05, 3.63) is 17.5 Å². The Kier molecular flexibility index (Phi) is 3.88. The average Bonchev–Trinajstić information content (AvgIpc) is 2.15. The number of aromatic nitrogens is 2. The highest BCUT2D eigenvalue weighted by Crippen LogP contribution is 2.14. The predicted octanol–water partition coefficient (Wildman–Crippen LogP) is 1.85. The van der Waals surface area contributed by atoms with E-state index in [0.717, 1.165) is 0 Å². The first-order chi connectivity index (χ1) is 6.92. The molecule has 0 aliphatic heterocycles. The van der Waals surface area contributed by atoms with Crippen LogP contribution in [0.5, 0.6) is 5.88 Å². The second-order valence-corrected chi connectivity index (χ2v) is 4.50. The Labute approximate surface area is 95.2 Å². The largest absolute Gasteiger partial charge is 0.476 e. The third-order valence-corrected chi connectivity index (χ3v) is 2.57. The smallest absolute Gasteiger partial charge is 0.225 e. The number of halogens is 1. The van der Waals surface area contributed by atoms with Gasteiger partial charge < -0.3 is 9.64 Å². The van der Waals surface area contributed by atoms with Crippen LogP contribution in [0.25, 0.3) is 0 Å². The summed E-state index contributed by atoms with van der Waals surface area (Å²) < 4.78 is 5.54. The van der Waals surface area contributed by atoms with E-state index < -0.39 is 0 Å². The van der Waals surface area contributed by atoms with Crippen LogP contribution in [0.4, 0.5) is 0 Å². The van der Waals surface area contributed by atoms with Gasteiger partial charge in [0.15, 0.2) is 0 Å². The topological polar surface area (TPSA) is 38.2 Å². The SMILES string of the molecule is CN(C)C(C)(C)COc1ccnc(Cl)n1. The van der Waals surface area contributed by atoms with Crippen LogP contribution in [0.1, 0.15) is 13.8 Å². The molecule has 0 bridgehead atoms. The molecule has 0 fully saturated rings. The zero-order valence-corrected chi connectivity index (χ0v) is 10.2. The first kappa shape index (κ1) is 12.2. The Morgan fingerprint density at radius 2 is 2.13 bits per heavy atom. The van der Waals surface area contributed by atoms with Crippen molar-refractivity contribution in [3.8, 4) is 5.88 Å². The Morgan fingerprint density at radius 1 is 1.47 bits per heavy atom. The normalized spacial score (nSPS) is 11.9. The van der Waals surface area contributed by atoms with Crippen molar-refractivity contribution in [1.82, 2.24) is 14.9 Å². The molecule has 0 spiro atoms. The second kappa shape index (κ2) is 4.77. The quantitative estimate of drug-likeness (QED) is 0.739. The molecule has 0 amide bonds. The highest BCUT2D eigenvalue weighted by Gasteiger charge is 2.21. The van der Waals surface area contributed by atoms with E-state index in [1.807, 2.05) is 14.1 Å². The van der Waals surface area contributed by atoms with Gasteiger partial charge in [-0.3, -0.25) is 0 Å². The zero-order chi connectivity index (χ0) is 11.5. The highest BCUT2D eigenvalue weighted by molar-refractivity contribution is 6.28. The summed E-state index contributed by atoms with van der Waals surface area (Å²) in [6.45, 7) is 4.74. The fourth-order valence-electron chi connectivity index (χ4n) is 0.780. The maximum atomic E-state index is 5.64. The van der Waals surface area contributed by atoms with E-state index in [2.05, 4.69) is 28.7 Å². The molecule has 1 aromatic heterocycles. The first-order valence-corrected chi connectivity index (χ1v) is 5.08. The maximum Gasteiger partial charge on any atom is 0.225 e. The minimum absolute atomic E-state index is 0.0442. The van der Waals surface area contributed by atoms with E-state index in [4.69, 9.17) is 16.3 Å². The summed E-state index contributed by atoms with van der Waals surface area (Å²) >= 11 is 5.64. The molecule has 0 aliphatic carbocycles. The van der Waals surface area contributed by atoms with Crippen LogP contribution in [0, 0.1) is 0 Å². The highest BCUT2D eigenvalue weighted by atomic mass is 35.5. The molecule has 0 aromatic carbocycles. The lowest BCUT2D eigenvalue weighted by atomic mass is 10.1. The summed E-state index contributed by atoms with van der Waals surface area (Å²) in [5, 5.41) is 0.204. The van der Waals surface area contributed by atoms with Gasteiger partial charge in [-0.25, -0.2) is 4.98 Å². The summed E-state index contributed by atoms with van der Waals surface area (Å²) in [4.78, 5) is 9.83. The first-order valence-electron chi connectivity index (χ1n) is 4.70. The van der Waals surface area contributed by atoms with Crippen LogP contribution in [-0.4, -0.2) is 41.1 Å². The van der Waals surface area contributed by atoms with Crippen LogP contribution < -0.4 is 4.74 Å². The van der Waals surface area contributed by atoms with E-state index in [9.17, 15) is 0 Å². The molecule has 5 heteroatoms. The number of hydrogen-bond donors (Lipinski definition) is 0. The molecule has 0 radical (unpaired) electrons. The summed E-state index contributed by atoms with van der Waals surface area (Å²) in [5.74, 6) is 0.505. The van der Waals surface area contributed by atoms with Crippen LogP contribution in [0.2, 0.25) is 5.28 Å². The molecule has 1 heterocycles. The second-order valence-electron chi connectivity index (χ2n) is 4.16. The Morgan fingerprint density at radius 3 is 2.67 bits per heavy atom. The summed E-state index contributed by atoms with van der Waals surface area (Å²) in [5.41, 5.74) is -0.0442. The lowest BCUT2D eigenvalue weighted by Crippen LogP contribution is -2.43. The molecule has 1 aromatic rings. The Bertz CT molecular complexity index is 328. The van der Waals surface area contributed by atoms with Crippen molar-refractivity contribution in [2.24, 2.45) is 0 Å². The molecule has 1 rings (SSSR count). The summed E-state index contributed by atoms with van der Waals surface area (Å²) in [6, 6.07) is 1.69. The molecule has 0 aliphatic rings. The molecule has 0 saturated carbocycles. The molecule has 0 atom stereocenters. The van der Waals surface area contributed by atoms with Gasteiger partial charge in [0.05, 0.1) is 0 Å². The monoisotopic (exact) mass is 229 g/mol. The average molecular weight is 230 g/mol. The molecule has 0 saturated heterocycles. The molecule has 84 valence electrons. The standard InChI is InChI=1S/C10H16ClN3O/c1-10(2,14(3)4)7-15-8-5-6-12-9(11)13-8/h5-6H,7H2,1-4H3. The van der Waals surface area contributed by atoms with Crippen molar-refractivity contribution in [3.63, 3.8) is 0 Å². The number of hydrogen-bond acceptors (Lipinski definition) is 4. The van der Waals surface area contributed by atoms with E-state index in [0.29, 0.717) is 12.5 Å². The number of ether oxygens (including phenoxy) is 1. The van der Waals surface area contributed by atoms with Gasteiger partial charge in [0.2, 0.25) is 11.2 Å². The van der Waals surface area contributed by atoms with Gasteiger partial charge in [0.1, 0.15) is 6.61 Å². The van der Waals surface area contributed by atoms with Crippen molar-refractivity contribution in [1.29, 1.82) is 0 Å². The summed E-state index contributed by atoms with van der Waals surface area (Å²) in [6.07, 6.45) is 1.58. The predicted molar refractivity (Wildman–Crippen MR) is 60.3 cm³/mol. The lowest BCUT2D eigenvalue weighted by molar-refractivity contribution is 0.111. The maximum absolute atomic E-state index is 5.64. The van der Waals surface area contributed by atoms with Gasteiger partial charge in [-0.05, 0) is 39.5 Å². The Balaban J connectivity index is 2.57. The lowest BCUT2D eigenvalue weighted by Gasteiger charge is -2.31. The molecular weight excluding hydrogens is 214 g/mol. The molecule has 0 unspecified atom stereocenters. The molecular formula is C10H16ClN3O. The number of likely N-dealkylation sites (N-methyl/N-ethyl adjacent to an activating group) is 1. The fourth-order valence-corrected chi connectivity index (χ4v) is 0.919. The van der Waals surface area contributed by atoms with Crippen molar-refractivity contribution in [2.45, 2.75) is 19.4 Å². The molecule has 0 N–H and O–H groups in total. The van der Waals surface area contributed by atoms with Crippen molar-refractivity contribution >= 4 is 11.6 Å². The van der Waals surface area contributed by atoms with Crippen LogP contribution >= 0.6 is 11.6 Å². The van der Waals surface area contributed by atoms with Crippen molar-refractivity contribution in [2.75, 3.05) is 20.7 Å². The third kappa shape index (κ3) is 3.64. The third-order valence-electron chi connectivity index (χ3n) is 2.38. The van der Waals surface area contributed by atoms with Crippen LogP contribution in [0.15, 0.2) is 12.3 Å².